The van der Waals surface area contributed by atoms with Crippen molar-refractivity contribution in [2.45, 2.75) is 26.4 Å². The third-order valence-electron chi connectivity index (χ3n) is 1.75. The van der Waals surface area contributed by atoms with Gasteiger partial charge in [0.25, 0.3) is 0 Å². The number of carbonyl (C=O) groups is 1. The van der Waals surface area contributed by atoms with E-state index in [1.165, 1.54) is 6.92 Å². The quantitative estimate of drug-likeness (QED) is 0.779. The molecule has 1 atom stereocenters. The molecule has 0 amide bonds. The van der Waals surface area contributed by atoms with E-state index in [1.54, 1.807) is 18.3 Å². The number of thiophene rings is 1. The van der Waals surface area contributed by atoms with Gasteiger partial charge in [-0.2, -0.15) is 0 Å². The van der Waals surface area contributed by atoms with E-state index in [0.717, 1.165) is 16.2 Å². The molecule has 0 bridgehead atoms. The number of esters is 1. The van der Waals surface area contributed by atoms with Crippen molar-refractivity contribution in [1.29, 1.82) is 0 Å². The highest BCUT2D eigenvalue weighted by molar-refractivity contribution is 7.12. The summed E-state index contributed by atoms with van der Waals surface area (Å²) in [6, 6.07) is 3.86. The maximum absolute atomic E-state index is 10.5. The molecule has 3 nitrogen and oxygen atoms in total. The lowest BCUT2D eigenvalue weighted by atomic mass is 10.3. The lowest BCUT2D eigenvalue weighted by Crippen LogP contribution is -2.02. The molecule has 4 heteroatoms. The third-order valence-corrected chi connectivity index (χ3v) is 3.06. The fourth-order valence-electron chi connectivity index (χ4n) is 1.05. The van der Waals surface area contributed by atoms with E-state index >= 15 is 0 Å². The van der Waals surface area contributed by atoms with Crippen LogP contribution in [0.5, 0.6) is 0 Å². The molecule has 0 saturated heterocycles. The van der Waals surface area contributed by atoms with Crippen LogP contribution in [-0.2, 0) is 16.0 Å². The Balaban J connectivity index is 2.40. The second kappa shape index (κ2) is 5.12. The van der Waals surface area contributed by atoms with Crippen LogP contribution >= 0.6 is 11.3 Å². The third kappa shape index (κ3) is 3.47. The Morgan fingerprint density at radius 1 is 1.64 bits per heavy atom. The summed E-state index contributed by atoms with van der Waals surface area (Å²) in [6.07, 6.45) is 0.305. The van der Waals surface area contributed by atoms with E-state index in [2.05, 4.69) is 0 Å². The SMILES string of the molecule is CC(=O)OCCc1ccc(C(C)O)s1. The van der Waals surface area contributed by atoms with Gasteiger partial charge >= 0.3 is 5.97 Å². The van der Waals surface area contributed by atoms with Gasteiger partial charge in [-0.05, 0) is 19.1 Å². The van der Waals surface area contributed by atoms with Crippen LogP contribution in [0.3, 0.4) is 0 Å². The van der Waals surface area contributed by atoms with Crippen molar-refractivity contribution in [3.63, 3.8) is 0 Å². The number of rotatable bonds is 4. The maximum atomic E-state index is 10.5. The average molecular weight is 214 g/mol. The molecule has 0 aliphatic rings. The molecule has 1 unspecified atom stereocenters. The van der Waals surface area contributed by atoms with E-state index in [0.29, 0.717) is 6.61 Å². The standard InChI is InChI=1S/C10H14O3S/c1-7(11)10-4-3-9(14-10)5-6-13-8(2)12/h3-4,7,11H,5-6H2,1-2H3. The summed E-state index contributed by atoms with van der Waals surface area (Å²) in [4.78, 5) is 12.6. The minimum atomic E-state index is -0.414. The molecule has 0 aliphatic carbocycles. The maximum Gasteiger partial charge on any atom is 0.302 e. The number of ether oxygens (including phenoxy) is 1. The van der Waals surface area contributed by atoms with Crippen molar-refractivity contribution in [1.82, 2.24) is 0 Å². The van der Waals surface area contributed by atoms with E-state index in [9.17, 15) is 9.90 Å². The normalized spacial score (nSPS) is 12.5. The van der Waals surface area contributed by atoms with Crippen LogP contribution in [0, 0.1) is 0 Å². The Bertz CT molecular complexity index is 304. The summed E-state index contributed by atoms with van der Waals surface area (Å²) in [7, 11) is 0. The Morgan fingerprint density at radius 3 is 2.86 bits per heavy atom. The Kier molecular flexibility index (Phi) is 4.10. The van der Waals surface area contributed by atoms with E-state index < -0.39 is 6.10 Å². The molecular formula is C10H14O3S. The second-order valence-corrected chi connectivity index (χ2v) is 4.27. The molecule has 1 rings (SSSR count). The van der Waals surface area contributed by atoms with Gasteiger partial charge in [-0.3, -0.25) is 4.79 Å². The molecular weight excluding hydrogens is 200 g/mol. The van der Waals surface area contributed by atoms with Gasteiger partial charge in [0.15, 0.2) is 0 Å². The van der Waals surface area contributed by atoms with Crippen LogP contribution in [-0.4, -0.2) is 17.7 Å². The first kappa shape index (κ1) is 11.2. The largest absolute Gasteiger partial charge is 0.465 e. The van der Waals surface area contributed by atoms with Crippen LogP contribution in [0.25, 0.3) is 0 Å². The van der Waals surface area contributed by atoms with Gasteiger partial charge < -0.3 is 9.84 Å². The van der Waals surface area contributed by atoms with Gasteiger partial charge in [0.1, 0.15) is 0 Å². The zero-order valence-electron chi connectivity index (χ0n) is 8.32. The van der Waals surface area contributed by atoms with Crippen molar-refractivity contribution in [3.05, 3.63) is 21.9 Å². The van der Waals surface area contributed by atoms with Gasteiger partial charge in [0.2, 0.25) is 0 Å². The van der Waals surface area contributed by atoms with Crippen molar-refractivity contribution >= 4 is 17.3 Å². The molecule has 78 valence electrons. The summed E-state index contributed by atoms with van der Waals surface area (Å²) >= 11 is 1.55. The fourth-order valence-corrected chi connectivity index (χ4v) is 1.98. The summed E-state index contributed by atoms with van der Waals surface area (Å²) in [6.45, 7) is 3.55. The summed E-state index contributed by atoms with van der Waals surface area (Å²) in [5.74, 6) is -0.252. The van der Waals surface area contributed by atoms with Crippen molar-refractivity contribution in [2.24, 2.45) is 0 Å². The van der Waals surface area contributed by atoms with Crippen LogP contribution in [0.2, 0.25) is 0 Å². The van der Waals surface area contributed by atoms with Crippen molar-refractivity contribution in [2.75, 3.05) is 6.61 Å². The van der Waals surface area contributed by atoms with E-state index in [-0.39, 0.29) is 5.97 Å². The van der Waals surface area contributed by atoms with Crippen LogP contribution < -0.4 is 0 Å². The first-order chi connectivity index (χ1) is 6.59. The van der Waals surface area contributed by atoms with Crippen molar-refractivity contribution in [3.8, 4) is 0 Å². The average Bonchev–Trinajstić information content (AvgIpc) is 2.52. The van der Waals surface area contributed by atoms with Gasteiger partial charge in [-0.1, -0.05) is 0 Å². The smallest absolute Gasteiger partial charge is 0.302 e. The Labute approximate surface area is 87.3 Å². The molecule has 0 spiro atoms. The monoisotopic (exact) mass is 214 g/mol. The molecule has 1 heterocycles. The summed E-state index contributed by atoms with van der Waals surface area (Å²) < 4.78 is 4.82. The number of carbonyl (C=O) groups excluding carboxylic acids is 1. The molecule has 0 radical (unpaired) electrons. The predicted octanol–water partition coefficient (Wildman–Crippen LogP) is 1.91. The summed E-state index contributed by atoms with van der Waals surface area (Å²) in [5.41, 5.74) is 0. The highest BCUT2D eigenvalue weighted by Gasteiger charge is 2.05. The van der Waals surface area contributed by atoms with Crippen LogP contribution in [0.1, 0.15) is 29.7 Å². The van der Waals surface area contributed by atoms with E-state index in [4.69, 9.17) is 4.74 Å². The molecule has 0 saturated carbocycles. The number of hydrogen-bond acceptors (Lipinski definition) is 4. The molecule has 0 aliphatic heterocycles. The lowest BCUT2D eigenvalue weighted by Gasteiger charge is -1.99. The van der Waals surface area contributed by atoms with Gasteiger partial charge in [0.05, 0.1) is 12.7 Å². The lowest BCUT2D eigenvalue weighted by molar-refractivity contribution is -0.140. The van der Waals surface area contributed by atoms with Gasteiger partial charge in [0, 0.05) is 23.1 Å². The van der Waals surface area contributed by atoms with Gasteiger partial charge in [-0.25, -0.2) is 0 Å². The molecule has 14 heavy (non-hydrogen) atoms. The zero-order valence-corrected chi connectivity index (χ0v) is 9.13. The molecule has 1 N–H and O–H groups in total. The first-order valence-corrected chi connectivity index (χ1v) is 5.31. The van der Waals surface area contributed by atoms with Gasteiger partial charge in [-0.15, -0.1) is 11.3 Å². The predicted molar refractivity (Wildman–Crippen MR) is 55.3 cm³/mol. The van der Waals surface area contributed by atoms with Crippen molar-refractivity contribution < 1.29 is 14.6 Å². The molecule has 0 fully saturated rings. The fraction of sp³-hybridized carbons (Fsp3) is 0.500. The van der Waals surface area contributed by atoms with Crippen LogP contribution in [0.4, 0.5) is 0 Å². The van der Waals surface area contributed by atoms with E-state index in [1.807, 2.05) is 12.1 Å². The first-order valence-electron chi connectivity index (χ1n) is 4.49. The minimum Gasteiger partial charge on any atom is -0.465 e. The minimum absolute atomic E-state index is 0.252. The highest BCUT2D eigenvalue weighted by Crippen LogP contribution is 2.23. The zero-order chi connectivity index (χ0) is 10.6. The molecule has 1 aromatic heterocycles. The Morgan fingerprint density at radius 2 is 2.36 bits per heavy atom. The highest BCUT2D eigenvalue weighted by atomic mass is 32.1. The number of aliphatic hydroxyl groups is 1. The Hall–Kier alpha value is -0.870. The number of hydrogen-bond donors (Lipinski definition) is 1. The second-order valence-electron chi connectivity index (χ2n) is 3.07. The summed E-state index contributed by atoms with van der Waals surface area (Å²) in [5, 5.41) is 9.28. The molecule has 1 aromatic rings. The topological polar surface area (TPSA) is 46.5 Å². The number of aliphatic hydroxyl groups excluding tert-OH is 1. The molecule has 0 aromatic carbocycles. The van der Waals surface area contributed by atoms with Crippen LogP contribution in [0.15, 0.2) is 12.1 Å².